The number of nitro groups is 1. The molecule has 0 aliphatic heterocycles. The molecule has 1 aromatic carbocycles. The van der Waals surface area contributed by atoms with E-state index in [0.717, 1.165) is 10.4 Å². The molecule has 0 saturated carbocycles. The summed E-state index contributed by atoms with van der Waals surface area (Å²) in [5, 5.41) is 19.7. The molecule has 0 N–H and O–H groups in total. The van der Waals surface area contributed by atoms with Crippen LogP contribution in [0.2, 0.25) is 5.02 Å². The molecule has 8 nitrogen and oxygen atoms in total. The van der Waals surface area contributed by atoms with Gasteiger partial charge in [-0.15, -0.1) is 0 Å². The minimum Gasteiger partial charge on any atom is -0.383 e. The zero-order valence-electron chi connectivity index (χ0n) is 12.7. The predicted molar refractivity (Wildman–Crippen MR) is 83.7 cm³/mol. The summed E-state index contributed by atoms with van der Waals surface area (Å²) in [6.07, 6.45) is -0.00929. The van der Waals surface area contributed by atoms with Crippen molar-refractivity contribution >= 4 is 27.3 Å². The SMILES string of the molecule is COCCN(CCC#N)S(=O)(=O)c1cc(Cl)c(C)c([N+](=O)[O-])c1. The van der Waals surface area contributed by atoms with Crippen LogP contribution in [0.5, 0.6) is 0 Å². The van der Waals surface area contributed by atoms with Crippen LogP contribution in [0.1, 0.15) is 12.0 Å². The highest BCUT2D eigenvalue weighted by atomic mass is 35.5. The summed E-state index contributed by atoms with van der Waals surface area (Å²) in [5.74, 6) is 0. The van der Waals surface area contributed by atoms with Crippen molar-refractivity contribution in [2.75, 3.05) is 26.8 Å². The van der Waals surface area contributed by atoms with Gasteiger partial charge in [0.05, 0.1) is 27.5 Å². The second-order valence-electron chi connectivity index (χ2n) is 4.61. The molecule has 0 unspecified atom stereocenters. The molecule has 0 amide bonds. The maximum Gasteiger partial charge on any atom is 0.275 e. The molecule has 0 bridgehead atoms. The lowest BCUT2D eigenvalue weighted by Gasteiger charge is -2.21. The molecule has 0 fully saturated rings. The molecule has 0 aliphatic rings. The third-order valence-electron chi connectivity index (χ3n) is 3.14. The van der Waals surface area contributed by atoms with Crippen molar-refractivity contribution in [3.63, 3.8) is 0 Å². The van der Waals surface area contributed by atoms with Gasteiger partial charge in [-0.25, -0.2) is 8.42 Å². The molecule has 0 atom stereocenters. The number of ether oxygens (including phenoxy) is 1. The van der Waals surface area contributed by atoms with Crippen LogP contribution in [0.4, 0.5) is 5.69 Å². The lowest BCUT2D eigenvalue weighted by Crippen LogP contribution is -2.34. The molecule has 0 spiro atoms. The minimum absolute atomic E-state index is 0.00929. The molecule has 0 radical (unpaired) electrons. The van der Waals surface area contributed by atoms with Gasteiger partial charge < -0.3 is 4.74 Å². The monoisotopic (exact) mass is 361 g/mol. The van der Waals surface area contributed by atoms with Crippen LogP contribution < -0.4 is 0 Å². The van der Waals surface area contributed by atoms with E-state index in [1.807, 2.05) is 6.07 Å². The zero-order chi connectivity index (χ0) is 17.6. The Balaban J connectivity index is 3.33. The third kappa shape index (κ3) is 4.62. The topological polar surface area (TPSA) is 114 Å². The number of rotatable bonds is 8. The molecule has 23 heavy (non-hydrogen) atoms. The summed E-state index contributed by atoms with van der Waals surface area (Å²) >= 11 is 5.92. The van der Waals surface area contributed by atoms with Crippen LogP contribution in [0, 0.1) is 28.4 Å². The number of sulfonamides is 1. The Kier molecular flexibility index (Phi) is 6.90. The lowest BCUT2D eigenvalue weighted by molar-refractivity contribution is -0.385. The average Bonchev–Trinajstić information content (AvgIpc) is 2.49. The quantitative estimate of drug-likeness (QED) is 0.517. The van der Waals surface area contributed by atoms with Gasteiger partial charge in [-0.2, -0.15) is 9.57 Å². The summed E-state index contributed by atoms with van der Waals surface area (Å²) in [5.41, 5.74) is -0.181. The van der Waals surface area contributed by atoms with E-state index < -0.39 is 14.9 Å². The number of nitriles is 1. The predicted octanol–water partition coefficient (Wildman–Crippen LogP) is 2.11. The van der Waals surface area contributed by atoms with Crippen molar-refractivity contribution < 1.29 is 18.1 Å². The molecule has 1 rings (SSSR count). The highest BCUT2D eigenvalue weighted by Crippen LogP contribution is 2.30. The molecular weight excluding hydrogens is 346 g/mol. The van der Waals surface area contributed by atoms with Crippen LogP contribution in [0.3, 0.4) is 0 Å². The standard InChI is InChI=1S/C13H16ClN3O5S/c1-10-12(14)8-11(9-13(10)17(18)19)23(20,21)16(5-3-4-15)6-7-22-2/h8-9H,3,5-7H2,1-2H3. The van der Waals surface area contributed by atoms with Crippen molar-refractivity contribution in [2.45, 2.75) is 18.2 Å². The van der Waals surface area contributed by atoms with E-state index in [1.165, 1.54) is 20.1 Å². The van der Waals surface area contributed by atoms with Gasteiger partial charge in [-0.05, 0) is 13.0 Å². The number of nitrogens with zero attached hydrogens (tertiary/aromatic N) is 3. The van der Waals surface area contributed by atoms with Gasteiger partial charge in [-0.3, -0.25) is 10.1 Å². The van der Waals surface area contributed by atoms with E-state index in [4.69, 9.17) is 21.6 Å². The molecule has 10 heteroatoms. The maximum atomic E-state index is 12.7. The number of hydrogen-bond acceptors (Lipinski definition) is 6. The van der Waals surface area contributed by atoms with Gasteiger partial charge in [0.15, 0.2) is 0 Å². The average molecular weight is 362 g/mol. The Bertz CT molecular complexity index is 730. The highest BCUT2D eigenvalue weighted by molar-refractivity contribution is 7.89. The van der Waals surface area contributed by atoms with Crippen LogP contribution in [-0.2, 0) is 14.8 Å². The van der Waals surface area contributed by atoms with Crippen LogP contribution >= 0.6 is 11.6 Å². The fourth-order valence-corrected chi connectivity index (χ4v) is 3.60. The summed E-state index contributed by atoms with van der Waals surface area (Å²) in [6.45, 7) is 1.56. The first-order valence-corrected chi connectivity index (χ1v) is 8.38. The largest absolute Gasteiger partial charge is 0.383 e. The summed E-state index contributed by atoms with van der Waals surface area (Å²) in [7, 11) is -2.61. The van der Waals surface area contributed by atoms with Crippen molar-refractivity contribution in [2.24, 2.45) is 0 Å². The molecule has 0 aliphatic carbocycles. The first kappa shape index (κ1) is 19.3. The molecule has 0 aromatic heterocycles. The van der Waals surface area contributed by atoms with Gasteiger partial charge in [0, 0.05) is 38.2 Å². The van der Waals surface area contributed by atoms with Crippen LogP contribution in [-0.4, -0.2) is 44.5 Å². The number of hydrogen-bond donors (Lipinski definition) is 0. The van der Waals surface area contributed by atoms with Crippen molar-refractivity contribution in [1.29, 1.82) is 5.26 Å². The summed E-state index contributed by atoms with van der Waals surface area (Å²) in [6, 6.07) is 4.01. The zero-order valence-corrected chi connectivity index (χ0v) is 14.2. The summed E-state index contributed by atoms with van der Waals surface area (Å²) in [4.78, 5) is 10.1. The molecule has 0 heterocycles. The van der Waals surface area contributed by atoms with E-state index in [-0.39, 0.29) is 47.3 Å². The Morgan fingerprint density at radius 1 is 1.43 bits per heavy atom. The Labute approximate surface area is 139 Å². The molecule has 126 valence electrons. The van der Waals surface area contributed by atoms with Crippen LogP contribution in [0.15, 0.2) is 17.0 Å². The van der Waals surface area contributed by atoms with Gasteiger partial charge in [0.2, 0.25) is 10.0 Å². The normalized spacial score (nSPS) is 11.4. The lowest BCUT2D eigenvalue weighted by atomic mass is 10.2. The highest BCUT2D eigenvalue weighted by Gasteiger charge is 2.28. The first-order chi connectivity index (χ1) is 10.8. The van der Waals surface area contributed by atoms with Gasteiger partial charge >= 0.3 is 0 Å². The second kappa shape index (κ2) is 8.21. The molecular formula is C13H16ClN3O5S. The fraction of sp³-hybridized carbons (Fsp3) is 0.462. The number of nitro benzene ring substituents is 1. The minimum atomic E-state index is -4.03. The smallest absolute Gasteiger partial charge is 0.275 e. The second-order valence-corrected chi connectivity index (χ2v) is 6.96. The third-order valence-corrected chi connectivity index (χ3v) is 5.41. The molecule has 0 saturated heterocycles. The Hall–Kier alpha value is -1.73. The number of methoxy groups -OCH3 is 1. The fourth-order valence-electron chi connectivity index (χ4n) is 1.85. The van der Waals surface area contributed by atoms with E-state index in [2.05, 4.69) is 0 Å². The number of halogens is 1. The van der Waals surface area contributed by atoms with E-state index >= 15 is 0 Å². The van der Waals surface area contributed by atoms with E-state index in [9.17, 15) is 18.5 Å². The Morgan fingerprint density at radius 3 is 2.61 bits per heavy atom. The van der Waals surface area contributed by atoms with Crippen molar-refractivity contribution in [1.82, 2.24) is 4.31 Å². The number of benzene rings is 1. The van der Waals surface area contributed by atoms with Gasteiger partial charge in [-0.1, -0.05) is 11.6 Å². The first-order valence-electron chi connectivity index (χ1n) is 6.56. The van der Waals surface area contributed by atoms with Gasteiger partial charge in [0.25, 0.3) is 5.69 Å². The summed E-state index contributed by atoms with van der Waals surface area (Å²) < 4.78 is 31.2. The molecule has 1 aromatic rings. The van der Waals surface area contributed by atoms with Crippen molar-refractivity contribution in [3.8, 4) is 6.07 Å². The van der Waals surface area contributed by atoms with Crippen molar-refractivity contribution in [3.05, 3.63) is 32.8 Å². The van der Waals surface area contributed by atoms with Crippen LogP contribution in [0.25, 0.3) is 0 Å². The van der Waals surface area contributed by atoms with E-state index in [0.29, 0.717) is 0 Å². The van der Waals surface area contributed by atoms with Gasteiger partial charge in [0.1, 0.15) is 0 Å². The Morgan fingerprint density at radius 2 is 2.09 bits per heavy atom. The van der Waals surface area contributed by atoms with E-state index in [1.54, 1.807) is 0 Å². The maximum absolute atomic E-state index is 12.7.